The molecule has 3 heteroatoms. The quantitative estimate of drug-likeness (QED) is 0.892. The first-order valence-electron chi connectivity index (χ1n) is 7.66. The minimum absolute atomic E-state index is 0.643. The van der Waals surface area contributed by atoms with Gasteiger partial charge in [-0.05, 0) is 62.5 Å². The number of hydrogen-bond donors (Lipinski definition) is 1. The minimum atomic E-state index is 0.643. The van der Waals surface area contributed by atoms with Crippen molar-refractivity contribution in [1.82, 2.24) is 4.90 Å². The van der Waals surface area contributed by atoms with E-state index < -0.39 is 0 Å². The van der Waals surface area contributed by atoms with Gasteiger partial charge in [-0.25, -0.2) is 0 Å². The van der Waals surface area contributed by atoms with Gasteiger partial charge in [-0.1, -0.05) is 13.3 Å². The summed E-state index contributed by atoms with van der Waals surface area (Å²) in [6.07, 6.45) is 4.11. The number of aryl methyl sites for hydroxylation is 1. The zero-order chi connectivity index (χ0) is 14.4. The maximum absolute atomic E-state index is 8.93. The Morgan fingerprint density at radius 1 is 1.30 bits per heavy atom. The molecule has 1 aromatic rings. The molecule has 0 amide bonds. The van der Waals surface area contributed by atoms with E-state index in [1.807, 2.05) is 19.1 Å². The molecule has 1 saturated heterocycles. The number of nitriles is 1. The Kier molecular flexibility index (Phi) is 5.43. The van der Waals surface area contributed by atoms with Gasteiger partial charge >= 0.3 is 0 Å². The summed E-state index contributed by atoms with van der Waals surface area (Å²) in [5.41, 5.74) is 2.92. The minimum Gasteiger partial charge on any atom is -0.385 e. The molecular weight excluding hydrogens is 246 g/mol. The molecule has 1 aliphatic rings. The molecule has 1 heterocycles. The molecule has 3 nitrogen and oxygen atoms in total. The van der Waals surface area contributed by atoms with Gasteiger partial charge in [0.25, 0.3) is 0 Å². The highest BCUT2D eigenvalue weighted by molar-refractivity contribution is 5.51. The van der Waals surface area contributed by atoms with Gasteiger partial charge in [-0.3, -0.25) is 0 Å². The molecule has 108 valence electrons. The van der Waals surface area contributed by atoms with E-state index in [1.165, 1.54) is 38.9 Å². The standard InChI is InChI=1S/C17H25N3/c1-14(13-20-8-4-3-5-9-20)12-19-17-7-6-16(11-18)15(2)10-17/h6-7,10,14,19H,3-5,8-9,12-13H2,1-2H3. The fraction of sp³-hybridized carbons (Fsp3) is 0.588. The van der Waals surface area contributed by atoms with Crippen LogP contribution in [0.5, 0.6) is 0 Å². The lowest BCUT2D eigenvalue weighted by molar-refractivity contribution is 0.204. The molecule has 1 unspecified atom stereocenters. The van der Waals surface area contributed by atoms with E-state index in [4.69, 9.17) is 5.26 Å². The Morgan fingerprint density at radius 2 is 2.05 bits per heavy atom. The highest BCUT2D eigenvalue weighted by Gasteiger charge is 2.13. The summed E-state index contributed by atoms with van der Waals surface area (Å²) in [5.74, 6) is 0.643. The lowest BCUT2D eigenvalue weighted by atomic mass is 10.1. The third-order valence-electron chi connectivity index (χ3n) is 4.02. The van der Waals surface area contributed by atoms with E-state index in [-0.39, 0.29) is 0 Å². The van der Waals surface area contributed by atoms with Crippen molar-refractivity contribution in [3.63, 3.8) is 0 Å². The van der Waals surface area contributed by atoms with Gasteiger partial charge in [-0.15, -0.1) is 0 Å². The molecule has 1 N–H and O–H groups in total. The molecule has 0 spiro atoms. The van der Waals surface area contributed by atoms with Crippen LogP contribution in [0.2, 0.25) is 0 Å². The molecule has 2 rings (SSSR count). The van der Waals surface area contributed by atoms with E-state index in [9.17, 15) is 0 Å². The van der Waals surface area contributed by atoms with Crippen LogP contribution < -0.4 is 5.32 Å². The van der Waals surface area contributed by atoms with Crippen LogP contribution in [-0.2, 0) is 0 Å². The van der Waals surface area contributed by atoms with Crippen LogP contribution in [0.25, 0.3) is 0 Å². The summed E-state index contributed by atoms with van der Waals surface area (Å²) in [7, 11) is 0. The molecule has 0 saturated carbocycles. The number of hydrogen-bond acceptors (Lipinski definition) is 3. The largest absolute Gasteiger partial charge is 0.385 e. The fourth-order valence-electron chi connectivity index (χ4n) is 2.84. The van der Waals surface area contributed by atoms with Crippen molar-refractivity contribution in [2.24, 2.45) is 5.92 Å². The molecule has 0 aliphatic carbocycles. The monoisotopic (exact) mass is 271 g/mol. The summed E-state index contributed by atoms with van der Waals surface area (Å²) in [6.45, 7) is 8.99. The SMILES string of the molecule is Cc1cc(NCC(C)CN2CCCCC2)ccc1C#N. The van der Waals surface area contributed by atoms with Crippen molar-refractivity contribution in [1.29, 1.82) is 5.26 Å². The Labute approximate surface area is 122 Å². The van der Waals surface area contributed by atoms with Crippen molar-refractivity contribution in [3.8, 4) is 6.07 Å². The Morgan fingerprint density at radius 3 is 2.70 bits per heavy atom. The van der Waals surface area contributed by atoms with Gasteiger partial charge in [0.05, 0.1) is 11.6 Å². The molecule has 1 aromatic carbocycles. The van der Waals surface area contributed by atoms with Crippen LogP contribution in [0.1, 0.15) is 37.3 Å². The normalized spacial score (nSPS) is 17.4. The third-order valence-corrected chi connectivity index (χ3v) is 4.02. The van der Waals surface area contributed by atoms with Gasteiger partial charge in [0.1, 0.15) is 0 Å². The summed E-state index contributed by atoms with van der Waals surface area (Å²) >= 11 is 0. The van der Waals surface area contributed by atoms with Gasteiger partial charge in [-0.2, -0.15) is 5.26 Å². The maximum Gasteiger partial charge on any atom is 0.0994 e. The van der Waals surface area contributed by atoms with Gasteiger partial charge in [0.15, 0.2) is 0 Å². The number of piperidine rings is 1. The summed E-state index contributed by atoms with van der Waals surface area (Å²) in [5, 5.41) is 12.4. The second-order valence-electron chi connectivity index (χ2n) is 5.99. The van der Waals surface area contributed by atoms with E-state index in [0.717, 1.165) is 23.4 Å². The third kappa shape index (κ3) is 4.25. The van der Waals surface area contributed by atoms with E-state index in [0.29, 0.717) is 5.92 Å². The molecule has 0 aromatic heterocycles. The van der Waals surface area contributed by atoms with Crippen molar-refractivity contribution in [2.45, 2.75) is 33.1 Å². The number of benzene rings is 1. The van der Waals surface area contributed by atoms with E-state index in [2.05, 4.69) is 29.3 Å². The zero-order valence-electron chi connectivity index (χ0n) is 12.7. The topological polar surface area (TPSA) is 39.1 Å². The average Bonchev–Trinajstić information content (AvgIpc) is 2.46. The van der Waals surface area contributed by atoms with Crippen LogP contribution >= 0.6 is 0 Å². The molecule has 0 bridgehead atoms. The zero-order valence-corrected chi connectivity index (χ0v) is 12.7. The second kappa shape index (κ2) is 7.31. The maximum atomic E-state index is 8.93. The molecule has 0 radical (unpaired) electrons. The Balaban J connectivity index is 1.79. The van der Waals surface area contributed by atoms with Crippen LogP contribution in [-0.4, -0.2) is 31.1 Å². The second-order valence-corrected chi connectivity index (χ2v) is 5.99. The first kappa shape index (κ1) is 14.9. The van der Waals surface area contributed by atoms with Gasteiger partial charge < -0.3 is 10.2 Å². The number of anilines is 1. The van der Waals surface area contributed by atoms with Crippen molar-refractivity contribution in [2.75, 3.05) is 31.5 Å². The smallest absolute Gasteiger partial charge is 0.0994 e. The van der Waals surface area contributed by atoms with Crippen LogP contribution in [0.4, 0.5) is 5.69 Å². The highest BCUT2D eigenvalue weighted by Crippen LogP contribution is 2.16. The number of rotatable bonds is 5. The molecule has 1 fully saturated rings. The summed E-state index contributed by atoms with van der Waals surface area (Å²) in [4.78, 5) is 2.58. The number of likely N-dealkylation sites (tertiary alicyclic amines) is 1. The molecule has 20 heavy (non-hydrogen) atoms. The fourth-order valence-corrected chi connectivity index (χ4v) is 2.84. The van der Waals surface area contributed by atoms with Crippen LogP contribution in [0.15, 0.2) is 18.2 Å². The molecular formula is C17H25N3. The summed E-state index contributed by atoms with van der Waals surface area (Å²) < 4.78 is 0. The van der Waals surface area contributed by atoms with Crippen molar-refractivity contribution >= 4 is 5.69 Å². The van der Waals surface area contributed by atoms with E-state index in [1.54, 1.807) is 0 Å². The van der Waals surface area contributed by atoms with E-state index >= 15 is 0 Å². The van der Waals surface area contributed by atoms with Crippen molar-refractivity contribution in [3.05, 3.63) is 29.3 Å². The first-order chi connectivity index (χ1) is 9.69. The number of nitrogens with one attached hydrogen (secondary N) is 1. The summed E-state index contributed by atoms with van der Waals surface area (Å²) in [6, 6.07) is 8.16. The van der Waals surface area contributed by atoms with Gasteiger partial charge in [0.2, 0.25) is 0 Å². The van der Waals surface area contributed by atoms with Gasteiger partial charge in [0, 0.05) is 18.8 Å². The lowest BCUT2D eigenvalue weighted by Crippen LogP contribution is -2.35. The Bertz CT molecular complexity index is 470. The van der Waals surface area contributed by atoms with Crippen LogP contribution in [0.3, 0.4) is 0 Å². The van der Waals surface area contributed by atoms with Crippen LogP contribution in [0, 0.1) is 24.2 Å². The molecule has 1 atom stereocenters. The first-order valence-corrected chi connectivity index (χ1v) is 7.66. The van der Waals surface area contributed by atoms with Crippen molar-refractivity contribution < 1.29 is 0 Å². The Hall–Kier alpha value is -1.53. The number of nitrogens with zero attached hydrogens (tertiary/aromatic N) is 2. The lowest BCUT2D eigenvalue weighted by Gasteiger charge is -2.29. The highest BCUT2D eigenvalue weighted by atomic mass is 15.1. The predicted molar refractivity (Wildman–Crippen MR) is 83.8 cm³/mol. The average molecular weight is 271 g/mol. The predicted octanol–water partition coefficient (Wildman–Crippen LogP) is 3.40. The molecule has 1 aliphatic heterocycles.